The first-order chi connectivity index (χ1) is 14.0. The fourth-order valence-electron chi connectivity index (χ4n) is 2.78. The molecule has 1 fully saturated rings. The number of hydrogen-bond acceptors (Lipinski definition) is 5. The van der Waals surface area contributed by atoms with Gasteiger partial charge in [0.15, 0.2) is 0 Å². The second-order valence-corrected chi connectivity index (χ2v) is 8.51. The number of hydrogen-bond donors (Lipinski definition) is 0. The molecule has 2 aromatic rings. The van der Waals surface area contributed by atoms with Gasteiger partial charge in [0.25, 0.3) is 5.91 Å². The van der Waals surface area contributed by atoms with Crippen molar-refractivity contribution >= 4 is 51.9 Å². The highest BCUT2D eigenvalue weighted by molar-refractivity contribution is 8.26. The van der Waals surface area contributed by atoms with Gasteiger partial charge >= 0.3 is 0 Å². The summed E-state index contributed by atoms with van der Waals surface area (Å²) >= 11 is 12.6. The molecule has 0 saturated carbocycles. The Morgan fingerprint density at radius 1 is 1.17 bits per heavy atom. The molecule has 0 bridgehead atoms. The highest BCUT2D eigenvalue weighted by atomic mass is 35.5. The fourth-order valence-corrected chi connectivity index (χ4v) is 4.28. The zero-order valence-corrected chi connectivity index (χ0v) is 18.7. The fraction of sp³-hybridized carbons (Fsp3) is 0.273. The van der Waals surface area contributed by atoms with Gasteiger partial charge < -0.3 is 9.47 Å². The van der Waals surface area contributed by atoms with E-state index in [-0.39, 0.29) is 5.91 Å². The van der Waals surface area contributed by atoms with Gasteiger partial charge in [0.2, 0.25) is 0 Å². The molecular weight excluding hydrogens is 426 g/mol. The molecule has 0 atom stereocenters. The molecule has 152 valence electrons. The molecule has 7 heteroatoms. The number of halogens is 1. The summed E-state index contributed by atoms with van der Waals surface area (Å²) in [5.74, 6) is 1.48. The first-order valence-corrected chi connectivity index (χ1v) is 11.0. The second kappa shape index (κ2) is 10.1. The predicted molar refractivity (Wildman–Crippen MR) is 124 cm³/mol. The quantitative estimate of drug-likeness (QED) is 0.294. The molecule has 0 aromatic heterocycles. The van der Waals surface area contributed by atoms with Crippen molar-refractivity contribution in [1.29, 1.82) is 0 Å². The van der Waals surface area contributed by atoms with Crippen LogP contribution in [0.4, 0.5) is 0 Å². The largest absolute Gasteiger partial charge is 0.493 e. The summed E-state index contributed by atoms with van der Waals surface area (Å²) in [6, 6.07) is 13.3. The molecule has 0 aliphatic carbocycles. The Kier molecular flexibility index (Phi) is 7.58. The molecule has 0 radical (unpaired) electrons. The zero-order chi connectivity index (χ0) is 20.8. The third kappa shape index (κ3) is 5.53. The van der Waals surface area contributed by atoms with E-state index in [2.05, 4.69) is 0 Å². The minimum Gasteiger partial charge on any atom is -0.493 e. The molecule has 0 N–H and O–H groups in total. The maximum atomic E-state index is 12.4. The number of carbonyl (C=O) groups is 1. The average Bonchev–Trinajstić information content (AvgIpc) is 2.98. The molecule has 2 aromatic carbocycles. The van der Waals surface area contributed by atoms with Gasteiger partial charge in [-0.1, -0.05) is 53.8 Å². The van der Waals surface area contributed by atoms with Gasteiger partial charge in [0, 0.05) is 23.6 Å². The number of thioether (sulfide) groups is 1. The molecule has 1 heterocycles. The van der Waals surface area contributed by atoms with Crippen molar-refractivity contribution < 1.29 is 14.3 Å². The number of likely N-dealkylation sites (N-methyl/N-ethyl adjacent to an activating group) is 1. The number of benzene rings is 2. The molecule has 0 spiro atoms. The van der Waals surface area contributed by atoms with Crippen molar-refractivity contribution in [1.82, 2.24) is 4.90 Å². The van der Waals surface area contributed by atoms with E-state index >= 15 is 0 Å². The highest BCUT2D eigenvalue weighted by Gasteiger charge is 2.30. The number of amides is 1. The van der Waals surface area contributed by atoms with Crippen LogP contribution in [-0.2, 0) is 4.79 Å². The Labute approximate surface area is 185 Å². The van der Waals surface area contributed by atoms with Crippen molar-refractivity contribution in [3.05, 3.63) is 63.5 Å². The molecule has 3 rings (SSSR count). The Balaban J connectivity index is 1.56. The lowest BCUT2D eigenvalue weighted by Crippen LogP contribution is -2.27. The first kappa shape index (κ1) is 21.7. The minimum absolute atomic E-state index is 0.0519. The number of aryl methyl sites for hydroxylation is 1. The second-order valence-electron chi connectivity index (χ2n) is 6.43. The molecule has 4 nitrogen and oxygen atoms in total. The summed E-state index contributed by atoms with van der Waals surface area (Å²) < 4.78 is 12.3. The Hall–Kier alpha value is -2.02. The normalized spacial score (nSPS) is 15.3. The van der Waals surface area contributed by atoms with E-state index in [1.54, 1.807) is 4.90 Å². The lowest BCUT2D eigenvalue weighted by molar-refractivity contribution is -0.121. The van der Waals surface area contributed by atoms with Gasteiger partial charge in [-0.25, -0.2) is 0 Å². The lowest BCUT2D eigenvalue weighted by atomic mass is 10.2. The van der Waals surface area contributed by atoms with E-state index in [1.807, 2.05) is 62.4 Å². The van der Waals surface area contributed by atoms with Crippen molar-refractivity contribution in [3.8, 4) is 11.5 Å². The SMILES string of the molecule is CCN1C(=O)C(=Cc2ccccc2OCCCOc2ccc(Cl)c(C)c2)SC1=S. The van der Waals surface area contributed by atoms with E-state index in [0.717, 1.165) is 34.1 Å². The molecular formula is C22H22ClNO3S2. The average molecular weight is 448 g/mol. The van der Waals surface area contributed by atoms with Crippen LogP contribution in [0.3, 0.4) is 0 Å². The summed E-state index contributed by atoms with van der Waals surface area (Å²) in [6.45, 7) is 5.49. The van der Waals surface area contributed by atoms with Crippen LogP contribution < -0.4 is 9.47 Å². The topological polar surface area (TPSA) is 38.8 Å². The standard InChI is InChI=1S/C22H22ClNO3S2/c1-3-24-21(25)20(29-22(24)28)14-16-7-4-5-8-19(16)27-12-6-11-26-17-9-10-18(23)15(2)13-17/h4-5,7-10,13-14H,3,6,11-12H2,1-2H3. The number of para-hydroxylation sites is 1. The predicted octanol–water partition coefficient (Wildman–Crippen LogP) is 5.72. The summed E-state index contributed by atoms with van der Waals surface area (Å²) in [5, 5.41) is 0.730. The molecule has 1 saturated heterocycles. The van der Waals surface area contributed by atoms with E-state index in [9.17, 15) is 4.79 Å². The van der Waals surface area contributed by atoms with E-state index in [4.69, 9.17) is 33.3 Å². The van der Waals surface area contributed by atoms with Crippen LogP contribution in [0.1, 0.15) is 24.5 Å². The van der Waals surface area contributed by atoms with E-state index in [0.29, 0.717) is 29.0 Å². The van der Waals surface area contributed by atoms with Gasteiger partial charge in [-0.2, -0.15) is 0 Å². The smallest absolute Gasteiger partial charge is 0.266 e. The summed E-state index contributed by atoms with van der Waals surface area (Å²) in [6.07, 6.45) is 2.57. The Morgan fingerprint density at radius 2 is 1.93 bits per heavy atom. The highest BCUT2D eigenvalue weighted by Crippen LogP contribution is 2.34. The summed E-state index contributed by atoms with van der Waals surface area (Å²) in [7, 11) is 0. The van der Waals surface area contributed by atoms with Crippen LogP contribution in [0.2, 0.25) is 5.02 Å². The number of thiocarbonyl (C=S) groups is 1. The van der Waals surface area contributed by atoms with E-state index in [1.165, 1.54) is 11.8 Å². The van der Waals surface area contributed by atoms with Crippen LogP contribution in [0, 0.1) is 6.92 Å². The minimum atomic E-state index is -0.0519. The lowest BCUT2D eigenvalue weighted by Gasteiger charge is -2.11. The molecule has 1 aliphatic heterocycles. The molecule has 1 aliphatic rings. The van der Waals surface area contributed by atoms with Gasteiger partial charge in [0.05, 0.1) is 18.1 Å². The Bertz CT molecular complexity index is 945. The number of ether oxygens (including phenoxy) is 2. The van der Waals surface area contributed by atoms with Gasteiger partial charge in [-0.15, -0.1) is 0 Å². The van der Waals surface area contributed by atoms with Crippen LogP contribution in [0.15, 0.2) is 47.4 Å². The number of carbonyl (C=O) groups excluding carboxylic acids is 1. The van der Waals surface area contributed by atoms with Crippen molar-refractivity contribution in [2.75, 3.05) is 19.8 Å². The monoisotopic (exact) mass is 447 g/mol. The van der Waals surface area contributed by atoms with Gasteiger partial charge in [-0.05, 0) is 49.8 Å². The van der Waals surface area contributed by atoms with Crippen molar-refractivity contribution in [3.63, 3.8) is 0 Å². The van der Waals surface area contributed by atoms with Crippen LogP contribution in [-0.4, -0.2) is 34.9 Å². The maximum Gasteiger partial charge on any atom is 0.266 e. The zero-order valence-electron chi connectivity index (χ0n) is 16.3. The molecule has 29 heavy (non-hydrogen) atoms. The summed E-state index contributed by atoms with van der Waals surface area (Å²) in [5.41, 5.74) is 1.85. The van der Waals surface area contributed by atoms with Gasteiger partial charge in [0.1, 0.15) is 15.8 Å². The number of nitrogens with zero attached hydrogens (tertiary/aromatic N) is 1. The third-order valence-corrected chi connectivity index (χ3v) is 6.14. The van der Waals surface area contributed by atoms with Crippen LogP contribution in [0.5, 0.6) is 11.5 Å². The third-order valence-electron chi connectivity index (χ3n) is 4.34. The van der Waals surface area contributed by atoms with Crippen LogP contribution in [0.25, 0.3) is 6.08 Å². The van der Waals surface area contributed by atoms with Crippen LogP contribution >= 0.6 is 35.6 Å². The van der Waals surface area contributed by atoms with E-state index < -0.39 is 0 Å². The molecule has 1 amide bonds. The summed E-state index contributed by atoms with van der Waals surface area (Å²) in [4.78, 5) is 14.6. The van der Waals surface area contributed by atoms with Crippen molar-refractivity contribution in [2.45, 2.75) is 20.3 Å². The van der Waals surface area contributed by atoms with Gasteiger partial charge in [-0.3, -0.25) is 9.69 Å². The maximum absolute atomic E-state index is 12.4. The first-order valence-electron chi connectivity index (χ1n) is 9.35. The molecule has 0 unspecified atom stereocenters. The Morgan fingerprint density at radius 3 is 2.66 bits per heavy atom. The van der Waals surface area contributed by atoms with Crippen molar-refractivity contribution in [2.24, 2.45) is 0 Å². The number of rotatable bonds is 8.